The zero-order valence-electron chi connectivity index (χ0n) is 11.6. The monoisotopic (exact) mass is 297 g/mol. The van der Waals surface area contributed by atoms with Crippen molar-refractivity contribution in [2.24, 2.45) is 5.73 Å². The van der Waals surface area contributed by atoms with E-state index < -0.39 is 10.0 Å². The van der Waals surface area contributed by atoms with Crippen molar-refractivity contribution in [2.75, 3.05) is 18.0 Å². The molecule has 2 rings (SSSR count). The number of anilines is 1. The van der Waals surface area contributed by atoms with Gasteiger partial charge in [-0.3, -0.25) is 4.79 Å². The van der Waals surface area contributed by atoms with Crippen molar-refractivity contribution < 1.29 is 13.2 Å². The summed E-state index contributed by atoms with van der Waals surface area (Å²) in [5, 5.41) is 0. The second-order valence-electron chi connectivity index (χ2n) is 4.97. The number of hydrogen-bond donors (Lipinski definition) is 2. The van der Waals surface area contributed by atoms with Crippen LogP contribution in [0.4, 0.5) is 5.69 Å². The van der Waals surface area contributed by atoms with Gasteiger partial charge >= 0.3 is 0 Å². The molecule has 1 aliphatic rings. The van der Waals surface area contributed by atoms with Gasteiger partial charge in [0.2, 0.25) is 15.9 Å². The van der Waals surface area contributed by atoms with Gasteiger partial charge < -0.3 is 10.6 Å². The molecule has 3 N–H and O–H groups in total. The summed E-state index contributed by atoms with van der Waals surface area (Å²) >= 11 is 0. The average molecular weight is 297 g/mol. The van der Waals surface area contributed by atoms with Crippen molar-refractivity contribution >= 4 is 21.6 Å². The Morgan fingerprint density at radius 1 is 1.50 bits per heavy atom. The van der Waals surface area contributed by atoms with Crippen LogP contribution in [0, 0.1) is 0 Å². The fourth-order valence-electron chi connectivity index (χ4n) is 2.23. The van der Waals surface area contributed by atoms with Crippen LogP contribution >= 0.6 is 0 Å². The third-order valence-electron chi connectivity index (χ3n) is 3.35. The Bertz CT molecular complexity index is 628. The van der Waals surface area contributed by atoms with Crippen LogP contribution in [0.15, 0.2) is 23.1 Å². The van der Waals surface area contributed by atoms with E-state index in [1.165, 1.54) is 6.92 Å². The molecule has 1 aromatic rings. The summed E-state index contributed by atoms with van der Waals surface area (Å²) in [5.41, 5.74) is 7.10. The van der Waals surface area contributed by atoms with Crippen LogP contribution in [0.3, 0.4) is 0 Å². The molecule has 0 saturated heterocycles. The van der Waals surface area contributed by atoms with Crippen LogP contribution in [0.2, 0.25) is 0 Å². The molecule has 0 radical (unpaired) electrons. The number of amides is 1. The number of carbonyl (C=O) groups is 1. The molecule has 1 heterocycles. The molecule has 1 aliphatic heterocycles. The van der Waals surface area contributed by atoms with Crippen LogP contribution in [-0.4, -0.2) is 33.5 Å². The predicted molar refractivity (Wildman–Crippen MR) is 77.0 cm³/mol. The molecule has 20 heavy (non-hydrogen) atoms. The highest BCUT2D eigenvalue weighted by molar-refractivity contribution is 7.89. The largest absolute Gasteiger partial charge is 0.329 e. The number of carbonyl (C=O) groups excluding carboxylic acids is 1. The maximum atomic E-state index is 12.2. The molecular weight excluding hydrogens is 278 g/mol. The van der Waals surface area contributed by atoms with Crippen LogP contribution < -0.4 is 15.4 Å². The lowest BCUT2D eigenvalue weighted by atomic mass is 10.2. The lowest BCUT2D eigenvalue weighted by Crippen LogP contribution is -2.37. The number of nitrogens with zero attached hydrogens (tertiary/aromatic N) is 1. The zero-order valence-corrected chi connectivity index (χ0v) is 12.4. The minimum atomic E-state index is -3.61. The molecule has 0 fully saturated rings. The zero-order chi connectivity index (χ0) is 14.9. The number of nitrogens with one attached hydrogen (secondary N) is 1. The Labute approximate surface area is 119 Å². The molecule has 0 aromatic heterocycles. The summed E-state index contributed by atoms with van der Waals surface area (Å²) in [6.45, 7) is 4.00. The molecule has 6 nitrogen and oxygen atoms in total. The molecular formula is C13H19N3O3S. The standard InChI is InChI=1S/C13H19N3O3S/c1-9(8-14)15-20(18,19)12-4-3-11-5-6-16(10(2)17)13(11)7-12/h3-4,7,9,15H,5-6,8,14H2,1-2H3/t9-/m1/s1. The van der Waals surface area contributed by atoms with Gasteiger partial charge in [-0.2, -0.15) is 0 Å². The van der Waals surface area contributed by atoms with Gasteiger partial charge in [0.25, 0.3) is 0 Å². The molecule has 1 atom stereocenters. The van der Waals surface area contributed by atoms with Crippen molar-refractivity contribution in [1.29, 1.82) is 0 Å². The highest BCUT2D eigenvalue weighted by atomic mass is 32.2. The van der Waals surface area contributed by atoms with Crippen molar-refractivity contribution in [3.8, 4) is 0 Å². The fraction of sp³-hybridized carbons (Fsp3) is 0.462. The number of fused-ring (bicyclic) bond motifs is 1. The van der Waals surface area contributed by atoms with Gasteiger partial charge in [0.15, 0.2) is 0 Å². The maximum absolute atomic E-state index is 12.2. The van der Waals surface area contributed by atoms with Gasteiger partial charge in [0.05, 0.1) is 4.90 Å². The molecule has 0 bridgehead atoms. The van der Waals surface area contributed by atoms with E-state index in [1.807, 2.05) is 0 Å². The van der Waals surface area contributed by atoms with Crippen molar-refractivity contribution in [3.63, 3.8) is 0 Å². The van der Waals surface area contributed by atoms with E-state index in [0.717, 1.165) is 12.0 Å². The summed E-state index contributed by atoms with van der Waals surface area (Å²) < 4.78 is 26.9. The lowest BCUT2D eigenvalue weighted by Gasteiger charge is -2.17. The first-order chi connectivity index (χ1) is 9.35. The molecule has 1 aromatic carbocycles. The quantitative estimate of drug-likeness (QED) is 0.831. The second-order valence-corrected chi connectivity index (χ2v) is 6.68. The Morgan fingerprint density at radius 3 is 2.80 bits per heavy atom. The van der Waals surface area contributed by atoms with Crippen molar-refractivity contribution in [3.05, 3.63) is 23.8 Å². The van der Waals surface area contributed by atoms with Crippen molar-refractivity contribution in [1.82, 2.24) is 4.72 Å². The minimum absolute atomic E-state index is 0.0819. The molecule has 0 unspecified atom stereocenters. The van der Waals surface area contributed by atoms with Gasteiger partial charge in [-0.1, -0.05) is 6.07 Å². The molecule has 0 aliphatic carbocycles. The van der Waals surface area contributed by atoms with Crippen LogP contribution in [-0.2, 0) is 21.2 Å². The van der Waals surface area contributed by atoms with E-state index in [1.54, 1.807) is 30.0 Å². The van der Waals surface area contributed by atoms with E-state index in [0.29, 0.717) is 12.2 Å². The first-order valence-electron chi connectivity index (χ1n) is 6.48. The Morgan fingerprint density at radius 2 is 2.20 bits per heavy atom. The van der Waals surface area contributed by atoms with Gasteiger partial charge in [-0.15, -0.1) is 0 Å². The van der Waals surface area contributed by atoms with E-state index >= 15 is 0 Å². The van der Waals surface area contributed by atoms with Crippen molar-refractivity contribution in [2.45, 2.75) is 31.2 Å². The summed E-state index contributed by atoms with van der Waals surface area (Å²) in [7, 11) is -3.61. The topological polar surface area (TPSA) is 92.5 Å². The number of rotatable bonds is 4. The lowest BCUT2D eigenvalue weighted by molar-refractivity contribution is -0.116. The Hall–Kier alpha value is -1.44. The second kappa shape index (κ2) is 5.51. The summed E-state index contributed by atoms with van der Waals surface area (Å²) in [5.74, 6) is -0.0819. The number of benzene rings is 1. The van der Waals surface area contributed by atoms with Gasteiger partial charge in [-0.25, -0.2) is 13.1 Å². The smallest absolute Gasteiger partial charge is 0.240 e. The van der Waals surface area contributed by atoms with Crippen LogP contribution in [0.25, 0.3) is 0 Å². The molecule has 0 spiro atoms. The summed E-state index contributed by atoms with van der Waals surface area (Å²) in [6.07, 6.45) is 0.752. The van der Waals surface area contributed by atoms with Gasteiger partial charge in [0.1, 0.15) is 0 Å². The minimum Gasteiger partial charge on any atom is -0.329 e. The molecule has 1 amide bonds. The van der Waals surface area contributed by atoms with Gasteiger partial charge in [-0.05, 0) is 31.0 Å². The van der Waals surface area contributed by atoms with E-state index in [2.05, 4.69) is 4.72 Å². The SMILES string of the molecule is CC(=O)N1CCc2ccc(S(=O)(=O)N[C@H](C)CN)cc21. The van der Waals surface area contributed by atoms with E-state index in [4.69, 9.17) is 5.73 Å². The highest BCUT2D eigenvalue weighted by Crippen LogP contribution is 2.30. The summed E-state index contributed by atoms with van der Waals surface area (Å²) in [4.78, 5) is 13.3. The normalized spacial score (nSPS) is 16.1. The Balaban J connectivity index is 2.36. The van der Waals surface area contributed by atoms with Gasteiger partial charge in [0, 0.05) is 31.7 Å². The number of sulfonamides is 1. The summed E-state index contributed by atoms with van der Waals surface area (Å²) in [6, 6.07) is 4.54. The Kier molecular flexibility index (Phi) is 4.12. The predicted octanol–water partition coefficient (Wildman–Crippen LogP) is 0.221. The van der Waals surface area contributed by atoms with Crippen LogP contribution in [0.5, 0.6) is 0 Å². The molecule has 0 saturated carbocycles. The third kappa shape index (κ3) is 2.84. The van der Waals surface area contributed by atoms with E-state index in [-0.39, 0.29) is 23.4 Å². The molecule has 110 valence electrons. The fourth-order valence-corrected chi connectivity index (χ4v) is 3.51. The maximum Gasteiger partial charge on any atom is 0.240 e. The number of hydrogen-bond acceptors (Lipinski definition) is 4. The first-order valence-corrected chi connectivity index (χ1v) is 7.97. The number of nitrogens with two attached hydrogens (primary N) is 1. The molecule has 7 heteroatoms. The third-order valence-corrected chi connectivity index (χ3v) is 4.94. The first kappa shape index (κ1) is 15.0. The van der Waals surface area contributed by atoms with Crippen LogP contribution in [0.1, 0.15) is 19.4 Å². The highest BCUT2D eigenvalue weighted by Gasteiger charge is 2.25. The average Bonchev–Trinajstić information content (AvgIpc) is 2.80. The van der Waals surface area contributed by atoms with E-state index in [9.17, 15) is 13.2 Å².